The fourth-order valence-corrected chi connectivity index (χ4v) is 4.03. The van der Waals surface area contributed by atoms with Crippen LogP contribution in [-0.2, 0) is 24.3 Å². The zero-order valence-electron chi connectivity index (χ0n) is 16.7. The molecule has 0 radical (unpaired) electrons. The second-order valence-electron chi connectivity index (χ2n) is 7.74. The average molecular weight is 393 g/mol. The standard InChI is InChI=1S/C23H28N4O2/c28-22(27-11-10-20-8-4-5-9-21(20)18-27)16-24-23(29)26-14-12-25(13-15-26)17-19-6-2-1-3-7-19/h1-9H,10-18H2,(H,24,29). The van der Waals surface area contributed by atoms with Crippen molar-refractivity contribution in [2.24, 2.45) is 0 Å². The van der Waals surface area contributed by atoms with Crippen LogP contribution in [0.3, 0.4) is 0 Å². The third kappa shape index (κ3) is 4.95. The molecular weight excluding hydrogens is 364 g/mol. The van der Waals surface area contributed by atoms with Crippen molar-refractivity contribution in [2.45, 2.75) is 19.5 Å². The van der Waals surface area contributed by atoms with Crippen LogP contribution in [-0.4, -0.2) is 65.9 Å². The van der Waals surface area contributed by atoms with Gasteiger partial charge in [-0.2, -0.15) is 0 Å². The molecule has 29 heavy (non-hydrogen) atoms. The van der Waals surface area contributed by atoms with E-state index in [2.05, 4.69) is 46.6 Å². The van der Waals surface area contributed by atoms with Crippen LogP contribution in [0.2, 0.25) is 0 Å². The van der Waals surface area contributed by atoms with Gasteiger partial charge in [-0.05, 0) is 23.1 Å². The zero-order valence-corrected chi connectivity index (χ0v) is 16.7. The second kappa shape index (κ2) is 9.09. The maximum atomic E-state index is 12.5. The van der Waals surface area contributed by atoms with Crippen LogP contribution < -0.4 is 5.32 Å². The number of hydrogen-bond acceptors (Lipinski definition) is 3. The lowest BCUT2D eigenvalue weighted by Gasteiger charge is -2.35. The van der Waals surface area contributed by atoms with E-state index >= 15 is 0 Å². The molecule has 0 saturated carbocycles. The molecule has 0 unspecified atom stereocenters. The number of nitrogens with one attached hydrogen (secondary N) is 1. The maximum Gasteiger partial charge on any atom is 0.317 e. The first-order chi connectivity index (χ1) is 14.2. The molecule has 2 aliphatic rings. The third-order valence-electron chi connectivity index (χ3n) is 5.78. The Bertz CT molecular complexity index is 847. The Morgan fingerprint density at radius 3 is 2.24 bits per heavy atom. The summed E-state index contributed by atoms with van der Waals surface area (Å²) in [7, 11) is 0. The monoisotopic (exact) mass is 392 g/mol. The predicted octanol–water partition coefficient (Wildman–Crippen LogP) is 2.10. The van der Waals surface area contributed by atoms with Crippen molar-refractivity contribution in [3.05, 3.63) is 71.3 Å². The normalized spacial score (nSPS) is 17.0. The Morgan fingerprint density at radius 1 is 0.793 bits per heavy atom. The molecule has 2 aromatic carbocycles. The highest BCUT2D eigenvalue weighted by atomic mass is 16.2. The molecule has 0 bridgehead atoms. The number of urea groups is 1. The van der Waals surface area contributed by atoms with Crippen molar-refractivity contribution in [3.8, 4) is 0 Å². The van der Waals surface area contributed by atoms with E-state index in [0.717, 1.165) is 26.1 Å². The smallest absolute Gasteiger partial charge is 0.317 e. The molecule has 0 aromatic heterocycles. The lowest BCUT2D eigenvalue weighted by atomic mass is 10.00. The molecule has 2 aromatic rings. The Balaban J connectivity index is 1.20. The summed E-state index contributed by atoms with van der Waals surface area (Å²) >= 11 is 0. The van der Waals surface area contributed by atoms with E-state index in [1.807, 2.05) is 23.1 Å². The molecule has 152 valence electrons. The van der Waals surface area contributed by atoms with Gasteiger partial charge in [0.05, 0.1) is 6.54 Å². The van der Waals surface area contributed by atoms with E-state index in [0.29, 0.717) is 26.2 Å². The Labute approximate surface area is 172 Å². The van der Waals surface area contributed by atoms with Crippen molar-refractivity contribution < 1.29 is 9.59 Å². The van der Waals surface area contributed by atoms with Crippen molar-refractivity contribution in [1.29, 1.82) is 0 Å². The fourth-order valence-electron chi connectivity index (χ4n) is 4.03. The quantitative estimate of drug-likeness (QED) is 0.867. The summed E-state index contributed by atoms with van der Waals surface area (Å²) in [5, 5.41) is 2.82. The predicted molar refractivity (Wildman–Crippen MR) is 112 cm³/mol. The minimum Gasteiger partial charge on any atom is -0.336 e. The van der Waals surface area contributed by atoms with Gasteiger partial charge in [-0.3, -0.25) is 9.69 Å². The summed E-state index contributed by atoms with van der Waals surface area (Å²) in [5.74, 6) is -0.0180. The lowest BCUT2D eigenvalue weighted by molar-refractivity contribution is -0.131. The topological polar surface area (TPSA) is 55.9 Å². The molecule has 1 saturated heterocycles. The average Bonchev–Trinajstić information content (AvgIpc) is 2.78. The molecular formula is C23H28N4O2. The number of carbonyl (C=O) groups is 2. The van der Waals surface area contributed by atoms with Gasteiger partial charge in [-0.25, -0.2) is 4.79 Å². The first kappa shape index (κ1) is 19.5. The Kier molecular flexibility index (Phi) is 6.10. The summed E-state index contributed by atoms with van der Waals surface area (Å²) in [4.78, 5) is 31.0. The summed E-state index contributed by atoms with van der Waals surface area (Å²) in [6.45, 7) is 5.37. The van der Waals surface area contributed by atoms with Gasteiger partial charge in [-0.15, -0.1) is 0 Å². The largest absolute Gasteiger partial charge is 0.336 e. The van der Waals surface area contributed by atoms with Gasteiger partial charge in [0.15, 0.2) is 0 Å². The van der Waals surface area contributed by atoms with Gasteiger partial charge in [0.2, 0.25) is 5.91 Å². The van der Waals surface area contributed by atoms with Crippen molar-refractivity contribution in [1.82, 2.24) is 20.0 Å². The molecule has 2 aliphatic heterocycles. The summed E-state index contributed by atoms with van der Waals surface area (Å²) in [6, 6.07) is 18.5. The van der Waals surface area contributed by atoms with Gasteiger partial charge in [0.25, 0.3) is 0 Å². The summed E-state index contributed by atoms with van der Waals surface area (Å²) in [5.41, 5.74) is 3.81. The molecule has 2 heterocycles. The van der Waals surface area contributed by atoms with E-state index < -0.39 is 0 Å². The van der Waals surface area contributed by atoms with E-state index in [1.54, 1.807) is 4.90 Å². The van der Waals surface area contributed by atoms with Crippen molar-refractivity contribution >= 4 is 11.9 Å². The first-order valence-corrected chi connectivity index (χ1v) is 10.3. The zero-order chi connectivity index (χ0) is 20.1. The van der Waals surface area contributed by atoms with Crippen LogP contribution in [0.1, 0.15) is 16.7 Å². The number of fused-ring (bicyclic) bond motifs is 1. The van der Waals surface area contributed by atoms with E-state index in [4.69, 9.17) is 0 Å². The molecule has 4 rings (SSSR count). The van der Waals surface area contributed by atoms with Gasteiger partial charge in [0, 0.05) is 45.8 Å². The van der Waals surface area contributed by atoms with Crippen LogP contribution in [0.5, 0.6) is 0 Å². The number of piperazine rings is 1. The van der Waals surface area contributed by atoms with Crippen LogP contribution >= 0.6 is 0 Å². The van der Waals surface area contributed by atoms with Crippen LogP contribution in [0, 0.1) is 0 Å². The number of amides is 3. The van der Waals surface area contributed by atoms with E-state index in [9.17, 15) is 9.59 Å². The van der Waals surface area contributed by atoms with Gasteiger partial charge in [-0.1, -0.05) is 54.6 Å². The highest BCUT2D eigenvalue weighted by Gasteiger charge is 2.24. The molecule has 1 N–H and O–H groups in total. The minimum atomic E-state index is -0.143. The van der Waals surface area contributed by atoms with Crippen LogP contribution in [0.25, 0.3) is 0 Å². The summed E-state index contributed by atoms with van der Waals surface area (Å²) < 4.78 is 0. The molecule has 6 heteroatoms. The number of nitrogens with zero attached hydrogens (tertiary/aromatic N) is 3. The van der Waals surface area contributed by atoms with Crippen LogP contribution in [0.4, 0.5) is 4.79 Å². The molecule has 0 aliphatic carbocycles. The molecule has 3 amide bonds. The lowest BCUT2D eigenvalue weighted by Crippen LogP contribution is -2.53. The molecule has 6 nitrogen and oxygen atoms in total. The molecule has 0 spiro atoms. The number of benzene rings is 2. The Hall–Kier alpha value is -2.86. The van der Waals surface area contributed by atoms with Crippen molar-refractivity contribution in [3.63, 3.8) is 0 Å². The van der Waals surface area contributed by atoms with Crippen LogP contribution in [0.15, 0.2) is 54.6 Å². The molecule has 1 fully saturated rings. The first-order valence-electron chi connectivity index (χ1n) is 10.3. The maximum absolute atomic E-state index is 12.5. The van der Waals surface area contributed by atoms with E-state index in [-0.39, 0.29) is 18.5 Å². The Morgan fingerprint density at radius 2 is 1.48 bits per heavy atom. The minimum absolute atomic E-state index is 0.0180. The van der Waals surface area contributed by atoms with E-state index in [1.165, 1.54) is 16.7 Å². The SMILES string of the molecule is O=C(CNC(=O)N1CCN(Cc2ccccc2)CC1)N1CCc2ccccc2C1. The van der Waals surface area contributed by atoms with Gasteiger partial charge < -0.3 is 15.1 Å². The van der Waals surface area contributed by atoms with Gasteiger partial charge >= 0.3 is 6.03 Å². The fraction of sp³-hybridized carbons (Fsp3) is 0.391. The summed E-state index contributed by atoms with van der Waals surface area (Å²) in [6.07, 6.45) is 0.874. The number of hydrogen-bond donors (Lipinski definition) is 1. The highest BCUT2D eigenvalue weighted by molar-refractivity contribution is 5.84. The number of rotatable bonds is 4. The highest BCUT2D eigenvalue weighted by Crippen LogP contribution is 2.18. The van der Waals surface area contributed by atoms with Crippen molar-refractivity contribution in [2.75, 3.05) is 39.3 Å². The third-order valence-corrected chi connectivity index (χ3v) is 5.78. The second-order valence-corrected chi connectivity index (χ2v) is 7.74. The molecule has 0 atom stereocenters. The van der Waals surface area contributed by atoms with Gasteiger partial charge in [0.1, 0.15) is 0 Å². The number of carbonyl (C=O) groups excluding carboxylic acids is 2.